The summed E-state index contributed by atoms with van der Waals surface area (Å²) in [4.78, 5) is 12.5. The maximum Gasteiger partial charge on any atom is 0.219 e. The van der Waals surface area contributed by atoms with Crippen molar-refractivity contribution in [2.75, 3.05) is 33.4 Å². The highest BCUT2D eigenvalue weighted by molar-refractivity contribution is 5.74. The molecule has 1 aliphatic rings. The lowest BCUT2D eigenvalue weighted by atomic mass is 10.2. The van der Waals surface area contributed by atoms with E-state index in [9.17, 15) is 4.79 Å². The Morgan fingerprint density at radius 1 is 1.50 bits per heavy atom. The molecular formula is C8H15NO3. The highest BCUT2D eigenvalue weighted by atomic mass is 16.5. The molecule has 0 aromatic heterocycles. The second-order valence-corrected chi connectivity index (χ2v) is 2.91. The Balaban J connectivity index is 1.98. The molecule has 4 heteroatoms. The van der Waals surface area contributed by atoms with E-state index >= 15 is 0 Å². The SMILES string of the molecule is COCCOC1CN(C(C)=O)C1. The molecule has 70 valence electrons. The minimum Gasteiger partial charge on any atom is -0.382 e. The van der Waals surface area contributed by atoms with Crippen molar-refractivity contribution in [1.29, 1.82) is 0 Å². The predicted molar refractivity (Wildman–Crippen MR) is 43.9 cm³/mol. The van der Waals surface area contributed by atoms with Crippen molar-refractivity contribution in [3.63, 3.8) is 0 Å². The Hall–Kier alpha value is -0.610. The molecule has 1 rings (SSSR count). The summed E-state index contributed by atoms with van der Waals surface area (Å²) in [5, 5.41) is 0. The first-order chi connectivity index (χ1) is 5.74. The number of hydrogen-bond donors (Lipinski definition) is 0. The summed E-state index contributed by atoms with van der Waals surface area (Å²) in [5.41, 5.74) is 0. The van der Waals surface area contributed by atoms with Gasteiger partial charge in [0.05, 0.1) is 19.3 Å². The fourth-order valence-corrected chi connectivity index (χ4v) is 1.10. The van der Waals surface area contributed by atoms with Crippen molar-refractivity contribution in [2.45, 2.75) is 13.0 Å². The van der Waals surface area contributed by atoms with Gasteiger partial charge in [-0.05, 0) is 0 Å². The largest absolute Gasteiger partial charge is 0.382 e. The molecule has 0 bridgehead atoms. The Morgan fingerprint density at radius 3 is 2.67 bits per heavy atom. The maximum absolute atomic E-state index is 10.7. The van der Waals surface area contributed by atoms with E-state index in [0.29, 0.717) is 13.2 Å². The average Bonchev–Trinajstić information content (AvgIpc) is 1.93. The smallest absolute Gasteiger partial charge is 0.219 e. The van der Waals surface area contributed by atoms with E-state index < -0.39 is 0 Å². The van der Waals surface area contributed by atoms with Crippen LogP contribution in [0.3, 0.4) is 0 Å². The third-order valence-corrected chi connectivity index (χ3v) is 1.93. The molecule has 0 saturated carbocycles. The topological polar surface area (TPSA) is 38.8 Å². The van der Waals surface area contributed by atoms with Gasteiger partial charge in [0.2, 0.25) is 5.91 Å². The molecule has 0 unspecified atom stereocenters. The fourth-order valence-electron chi connectivity index (χ4n) is 1.10. The summed E-state index contributed by atoms with van der Waals surface area (Å²) >= 11 is 0. The molecule has 1 aliphatic heterocycles. The highest BCUT2D eigenvalue weighted by Crippen LogP contribution is 2.10. The Bertz CT molecular complexity index is 154. The molecule has 1 heterocycles. The first-order valence-electron chi connectivity index (χ1n) is 4.10. The predicted octanol–water partition coefficient (Wildman–Crippen LogP) is -0.120. The lowest BCUT2D eigenvalue weighted by Gasteiger charge is -2.38. The van der Waals surface area contributed by atoms with Gasteiger partial charge in [0.1, 0.15) is 0 Å². The van der Waals surface area contributed by atoms with Gasteiger partial charge in [-0.25, -0.2) is 0 Å². The Kier molecular flexibility index (Phi) is 3.49. The van der Waals surface area contributed by atoms with Gasteiger partial charge in [0.15, 0.2) is 0 Å². The fraction of sp³-hybridized carbons (Fsp3) is 0.875. The number of methoxy groups -OCH3 is 1. The quantitative estimate of drug-likeness (QED) is 0.556. The zero-order chi connectivity index (χ0) is 8.97. The lowest BCUT2D eigenvalue weighted by Crippen LogP contribution is -2.54. The normalized spacial score (nSPS) is 17.7. The minimum absolute atomic E-state index is 0.126. The molecular weight excluding hydrogens is 158 g/mol. The average molecular weight is 173 g/mol. The molecule has 0 spiro atoms. The van der Waals surface area contributed by atoms with Crippen molar-refractivity contribution in [1.82, 2.24) is 4.90 Å². The van der Waals surface area contributed by atoms with Crippen molar-refractivity contribution in [2.24, 2.45) is 0 Å². The van der Waals surface area contributed by atoms with Crippen LogP contribution in [-0.2, 0) is 14.3 Å². The maximum atomic E-state index is 10.7. The van der Waals surface area contributed by atoms with Gasteiger partial charge in [-0.15, -0.1) is 0 Å². The summed E-state index contributed by atoms with van der Waals surface area (Å²) in [5.74, 6) is 0.126. The highest BCUT2D eigenvalue weighted by Gasteiger charge is 2.28. The van der Waals surface area contributed by atoms with Crippen LogP contribution in [-0.4, -0.2) is 50.3 Å². The third-order valence-electron chi connectivity index (χ3n) is 1.93. The first-order valence-corrected chi connectivity index (χ1v) is 4.10. The summed E-state index contributed by atoms with van der Waals surface area (Å²) in [6.45, 7) is 4.28. The van der Waals surface area contributed by atoms with E-state index in [2.05, 4.69) is 0 Å². The second kappa shape index (κ2) is 4.42. The van der Waals surface area contributed by atoms with Gasteiger partial charge in [-0.1, -0.05) is 0 Å². The van der Waals surface area contributed by atoms with E-state index in [1.165, 1.54) is 0 Å². The zero-order valence-electron chi connectivity index (χ0n) is 7.58. The van der Waals surface area contributed by atoms with Crippen LogP contribution in [0.15, 0.2) is 0 Å². The van der Waals surface area contributed by atoms with Crippen LogP contribution in [0, 0.1) is 0 Å². The Morgan fingerprint density at radius 2 is 2.17 bits per heavy atom. The summed E-state index contributed by atoms with van der Waals surface area (Å²) < 4.78 is 10.2. The molecule has 0 atom stereocenters. The van der Waals surface area contributed by atoms with Crippen molar-refractivity contribution in [3.8, 4) is 0 Å². The van der Waals surface area contributed by atoms with Gasteiger partial charge < -0.3 is 14.4 Å². The molecule has 12 heavy (non-hydrogen) atoms. The third kappa shape index (κ3) is 2.46. The number of amides is 1. The molecule has 0 aromatic carbocycles. The van der Waals surface area contributed by atoms with E-state index in [0.717, 1.165) is 13.1 Å². The molecule has 0 aliphatic carbocycles. The molecule has 1 fully saturated rings. The standard InChI is InChI=1S/C8H15NO3/c1-7(10)9-5-8(6-9)12-4-3-11-2/h8H,3-6H2,1-2H3. The monoisotopic (exact) mass is 173 g/mol. The summed E-state index contributed by atoms with van der Waals surface area (Å²) in [7, 11) is 1.64. The van der Waals surface area contributed by atoms with E-state index in [1.54, 1.807) is 18.9 Å². The van der Waals surface area contributed by atoms with Crippen LogP contribution < -0.4 is 0 Å². The van der Waals surface area contributed by atoms with Gasteiger partial charge in [-0.3, -0.25) is 4.79 Å². The van der Waals surface area contributed by atoms with Crippen LogP contribution >= 0.6 is 0 Å². The van der Waals surface area contributed by atoms with Crippen molar-refractivity contribution in [3.05, 3.63) is 0 Å². The second-order valence-electron chi connectivity index (χ2n) is 2.91. The lowest BCUT2D eigenvalue weighted by molar-refractivity contribution is -0.143. The van der Waals surface area contributed by atoms with Crippen LogP contribution in [0.5, 0.6) is 0 Å². The number of carbonyl (C=O) groups is 1. The number of rotatable bonds is 4. The first kappa shape index (κ1) is 9.48. The molecule has 0 aromatic rings. The molecule has 1 saturated heterocycles. The van der Waals surface area contributed by atoms with Gasteiger partial charge in [-0.2, -0.15) is 0 Å². The van der Waals surface area contributed by atoms with Crippen molar-refractivity contribution >= 4 is 5.91 Å². The van der Waals surface area contributed by atoms with Crippen molar-refractivity contribution < 1.29 is 14.3 Å². The Labute approximate surface area is 72.4 Å². The van der Waals surface area contributed by atoms with Crippen LogP contribution in [0.4, 0.5) is 0 Å². The summed E-state index contributed by atoms with van der Waals surface area (Å²) in [6.07, 6.45) is 0.226. The summed E-state index contributed by atoms with van der Waals surface area (Å²) in [6, 6.07) is 0. The van der Waals surface area contributed by atoms with Gasteiger partial charge in [0.25, 0.3) is 0 Å². The van der Waals surface area contributed by atoms with Crippen LogP contribution in [0.1, 0.15) is 6.92 Å². The van der Waals surface area contributed by atoms with E-state index in [1.807, 2.05) is 0 Å². The number of carbonyl (C=O) groups excluding carboxylic acids is 1. The minimum atomic E-state index is 0.126. The molecule has 0 radical (unpaired) electrons. The van der Waals surface area contributed by atoms with Gasteiger partial charge >= 0.3 is 0 Å². The zero-order valence-corrected chi connectivity index (χ0v) is 7.58. The number of likely N-dealkylation sites (tertiary alicyclic amines) is 1. The van der Waals surface area contributed by atoms with E-state index in [4.69, 9.17) is 9.47 Å². The number of nitrogens with zero attached hydrogens (tertiary/aromatic N) is 1. The number of hydrogen-bond acceptors (Lipinski definition) is 3. The molecule has 0 N–H and O–H groups in total. The van der Waals surface area contributed by atoms with E-state index in [-0.39, 0.29) is 12.0 Å². The molecule has 4 nitrogen and oxygen atoms in total. The molecule has 1 amide bonds. The number of ether oxygens (including phenoxy) is 2. The van der Waals surface area contributed by atoms with Crippen LogP contribution in [0.25, 0.3) is 0 Å². The van der Waals surface area contributed by atoms with Crippen LogP contribution in [0.2, 0.25) is 0 Å². The van der Waals surface area contributed by atoms with Gasteiger partial charge in [0, 0.05) is 27.1 Å².